The van der Waals surface area contributed by atoms with E-state index in [-0.39, 0.29) is 11.9 Å². The number of hydrogen-bond acceptors (Lipinski definition) is 5. The fourth-order valence-electron chi connectivity index (χ4n) is 2.01. The SMILES string of the molecule is Cc1nc([N+](=O)[O-])c(NC2CCS(=O)CC2)n1C. The summed E-state index contributed by atoms with van der Waals surface area (Å²) in [6, 6.07) is 0.135. The zero-order chi connectivity index (χ0) is 13.3. The van der Waals surface area contributed by atoms with Crippen LogP contribution in [0.25, 0.3) is 0 Å². The van der Waals surface area contributed by atoms with Crippen LogP contribution < -0.4 is 5.32 Å². The molecule has 0 bridgehead atoms. The van der Waals surface area contributed by atoms with Crippen molar-refractivity contribution in [2.45, 2.75) is 25.8 Å². The van der Waals surface area contributed by atoms with Crippen molar-refractivity contribution in [3.63, 3.8) is 0 Å². The normalized spacial score (nSPS) is 23.9. The number of nitro groups is 1. The Hall–Kier alpha value is -1.44. The molecule has 0 radical (unpaired) electrons. The summed E-state index contributed by atoms with van der Waals surface area (Å²) >= 11 is 0. The highest BCUT2D eigenvalue weighted by Crippen LogP contribution is 2.26. The molecule has 8 heteroatoms. The van der Waals surface area contributed by atoms with E-state index in [2.05, 4.69) is 10.3 Å². The predicted molar refractivity (Wildman–Crippen MR) is 69.1 cm³/mol. The molecule has 1 saturated heterocycles. The van der Waals surface area contributed by atoms with Gasteiger partial charge >= 0.3 is 5.82 Å². The van der Waals surface area contributed by atoms with Gasteiger partial charge in [-0.05, 0) is 22.7 Å². The molecular weight excluding hydrogens is 256 g/mol. The third-order valence-electron chi connectivity index (χ3n) is 3.20. The van der Waals surface area contributed by atoms with Crippen LogP contribution in [-0.4, -0.2) is 36.2 Å². The minimum atomic E-state index is -0.729. The van der Waals surface area contributed by atoms with Crippen LogP contribution in [0.3, 0.4) is 0 Å². The van der Waals surface area contributed by atoms with Gasteiger partial charge in [0.2, 0.25) is 11.6 Å². The Morgan fingerprint density at radius 3 is 2.67 bits per heavy atom. The van der Waals surface area contributed by atoms with E-state index in [4.69, 9.17) is 0 Å². The van der Waals surface area contributed by atoms with Crippen LogP contribution in [0.5, 0.6) is 0 Å². The monoisotopic (exact) mass is 272 g/mol. The Labute approximate surface area is 107 Å². The number of hydrogen-bond donors (Lipinski definition) is 1. The Bertz CT molecular complexity index is 490. The summed E-state index contributed by atoms with van der Waals surface area (Å²) in [5, 5.41) is 14.1. The van der Waals surface area contributed by atoms with Crippen molar-refractivity contribution in [2.24, 2.45) is 7.05 Å². The van der Waals surface area contributed by atoms with E-state index in [1.165, 1.54) is 0 Å². The summed E-state index contributed by atoms with van der Waals surface area (Å²) in [6.07, 6.45) is 1.54. The molecule has 0 saturated carbocycles. The maximum absolute atomic E-state index is 11.3. The molecule has 0 unspecified atom stereocenters. The summed E-state index contributed by atoms with van der Waals surface area (Å²) < 4.78 is 12.9. The van der Waals surface area contributed by atoms with E-state index in [0.29, 0.717) is 23.1 Å². The number of aryl methyl sites for hydroxylation is 1. The van der Waals surface area contributed by atoms with Gasteiger partial charge in [0, 0.05) is 42.3 Å². The maximum Gasteiger partial charge on any atom is 0.406 e. The number of nitrogens with zero attached hydrogens (tertiary/aromatic N) is 3. The van der Waals surface area contributed by atoms with Gasteiger partial charge in [0.25, 0.3) is 0 Å². The van der Waals surface area contributed by atoms with Crippen molar-refractivity contribution < 1.29 is 9.13 Å². The van der Waals surface area contributed by atoms with Gasteiger partial charge in [-0.2, -0.15) is 0 Å². The van der Waals surface area contributed by atoms with Crippen LogP contribution in [0.4, 0.5) is 11.6 Å². The lowest BCUT2D eigenvalue weighted by Crippen LogP contribution is -2.30. The van der Waals surface area contributed by atoms with Crippen molar-refractivity contribution in [3.05, 3.63) is 15.9 Å². The Balaban J connectivity index is 2.18. The molecule has 1 fully saturated rings. The molecule has 1 aromatic rings. The topological polar surface area (TPSA) is 90.1 Å². The summed E-state index contributed by atoms with van der Waals surface area (Å²) in [4.78, 5) is 14.4. The predicted octanol–water partition coefficient (Wildman–Crippen LogP) is 0.960. The lowest BCUT2D eigenvalue weighted by molar-refractivity contribution is -0.388. The van der Waals surface area contributed by atoms with Crippen LogP contribution >= 0.6 is 0 Å². The van der Waals surface area contributed by atoms with Gasteiger partial charge < -0.3 is 15.4 Å². The van der Waals surface area contributed by atoms with E-state index in [0.717, 1.165) is 12.8 Å². The molecule has 0 atom stereocenters. The highest BCUT2D eigenvalue weighted by molar-refractivity contribution is 7.85. The first kappa shape index (κ1) is 13.0. The molecule has 7 nitrogen and oxygen atoms in total. The zero-order valence-corrected chi connectivity index (χ0v) is 11.2. The number of rotatable bonds is 3. The quantitative estimate of drug-likeness (QED) is 0.653. The average Bonchev–Trinajstić information content (AvgIpc) is 2.60. The van der Waals surface area contributed by atoms with Crippen LogP contribution in [-0.2, 0) is 17.8 Å². The highest BCUT2D eigenvalue weighted by atomic mass is 32.2. The molecule has 1 aliphatic rings. The Morgan fingerprint density at radius 2 is 2.11 bits per heavy atom. The van der Waals surface area contributed by atoms with E-state index in [1.807, 2.05) is 0 Å². The van der Waals surface area contributed by atoms with Gasteiger partial charge in [0.1, 0.15) is 0 Å². The second-order valence-corrected chi connectivity index (χ2v) is 6.11. The highest BCUT2D eigenvalue weighted by Gasteiger charge is 2.27. The van der Waals surface area contributed by atoms with Crippen molar-refractivity contribution in [2.75, 3.05) is 16.8 Å². The van der Waals surface area contributed by atoms with E-state index >= 15 is 0 Å². The van der Waals surface area contributed by atoms with Crippen LogP contribution in [0.15, 0.2) is 0 Å². The molecule has 2 rings (SSSR count). The van der Waals surface area contributed by atoms with Crippen LogP contribution in [0.2, 0.25) is 0 Å². The zero-order valence-electron chi connectivity index (χ0n) is 10.4. The fourth-order valence-corrected chi connectivity index (χ4v) is 3.31. The minimum absolute atomic E-state index is 0.135. The smallest absolute Gasteiger partial charge is 0.361 e. The lowest BCUT2D eigenvalue weighted by atomic mass is 10.1. The summed E-state index contributed by atoms with van der Waals surface area (Å²) in [5.41, 5.74) is 0. The molecule has 0 aromatic carbocycles. The van der Waals surface area contributed by atoms with Gasteiger partial charge in [0.15, 0.2) is 0 Å². The van der Waals surface area contributed by atoms with Gasteiger partial charge in [-0.3, -0.25) is 8.78 Å². The van der Waals surface area contributed by atoms with Gasteiger partial charge in [-0.15, -0.1) is 0 Å². The molecular formula is C10H16N4O3S. The maximum atomic E-state index is 11.3. The average molecular weight is 272 g/mol. The third kappa shape index (κ3) is 2.53. The fraction of sp³-hybridized carbons (Fsp3) is 0.700. The molecule has 1 aliphatic heterocycles. The van der Waals surface area contributed by atoms with Crippen LogP contribution in [0.1, 0.15) is 18.7 Å². The van der Waals surface area contributed by atoms with Crippen molar-refractivity contribution in [1.82, 2.24) is 9.55 Å². The second-order valence-electron chi connectivity index (χ2n) is 4.41. The molecule has 0 spiro atoms. The first-order valence-electron chi connectivity index (χ1n) is 5.78. The van der Waals surface area contributed by atoms with Crippen molar-refractivity contribution in [3.8, 4) is 0 Å². The van der Waals surface area contributed by atoms with Crippen molar-refractivity contribution in [1.29, 1.82) is 0 Å². The molecule has 2 heterocycles. The lowest BCUT2D eigenvalue weighted by Gasteiger charge is -2.23. The van der Waals surface area contributed by atoms with Gasteiger partial charge in [-0.1, -0.05) is 0 Å². The standard InChI is InChI=1S/C10H16N4O3S/c1-7-11-10(14(15)16)9(13(7)2)12-8-3-5-18(17)6-4-8/h8,12H,3-6H2,1-2H3. The molecule has 100 valence electrons. The molecule has 1 aromatic heterocycles. The number of imidazole rings is 1. The number of nitrogens with one attached hydrogen (secondary N) is 1. The molecule has 1 N–H and O–H groups in total. The third-order valence-corrected chi connectivity index (χ3v) is 4.58. The summed E-state index contributed by atoms with van der Waals surface area (Å²) in [6.45, 7) is 1.73. The van der Waals surface area contributed by atoms with E-state index in [1.54, 1.807) is 18.5 Å². The number of anilines is 1. The summed E-state index contributed by atoms with van der Waals surface area (Å²) in [7, 11) is 1.02. The number of aromatic nitrogens is 2. The minimum Gasteiger partial charge on any atom is -0.361 e. The molecule has 0 aliphatic carbocycles. The van der Waals surface area contributed by atoms with Gasteiger partial charge in [0.05, 0.1) is 0 Å². The Kier molecular flexibility index (Phi) is 3.65. The largest absolute Gasteiger partial charge is 0.406 e. The van der Waals surface area contributed by atoms with E-state index < -0.39 is 15.7 Å². The first-order valence-corrected chi connectivity index (χ1v) is 7.27. The van der Waals surface area contributed by atoms with Crippen LogP contribution in [0, 0.1) is 17.0 Å². The van der Waals surface area contributed by atoms with E-state index in [9.17, 15) is 14.3 Å². The molecule has 0 amide bonds. The van der Waals surface area contributed by atoms with Gasteiger partial charge in [-0.25, -0.2) is 0 Å². The van der Waals surface area contributed by atoms with Crippen molar-refractivity contribution >= 4 is 22.4 Å². The summed E-state index contributed by atoms with van der Waals surface area (Å²) in [5.74, 6) is 2.21. The first-order chi connectivity index (χ1) is 8.49. The second kappa shape index (κ2) is 5.05. The Morgan fingerprint density at radius 1 is 1.50 bits per heavy atom. The molecule has 18 heavy (non-hydrogen) atoms.